The van der Waals surface area contributed by atoms with Crippen molar-refractivity contribution >= 4 is 22.3 Å². The zero-order valence-electron chi connectivity index (χ0n) is 14.5. The Bertz CT molecular complexity index is 870. The van der Waals surface area contributed by atoms with Gasteiger partial charge in [0.25, 0.3) is 0 Å². The number of anilines is 2. The van der Waals surface area contributed by atoms with Crippen molar-refractivity contribution in [3.63, 3.8) is 0 Å². The predicted molar refractivity (Wildman–Crippen MR) is 103 cm³/mol. The van der Waals surface area contributed by atoms with Gasteiger partial charge in [0.05, 0.1) is 17.6 Å². The molecular formula is C20H23N5. The minimum atomic E-state index is 0.466. The van der Waals surface area contributed by atoms with E-state index in [9.17, 15) is 0 Å². The Morgan fingerprint density at radius 1 is 0.960 bits per heavy atom. The number of piperazine rings is 1. The van der Waals surface area contributed by atoms with Crippen molar-refractivity contribution in [1.82, 2.24) is 9.97 Å². The van der Waals surface area contributed by atoms with Crippen LogP contribution in [0.4, 0.5) is 11.5 Å². The third-order valence-electron chi connectivity index (χ3n) is 4.97. The summed E-state index contributed by atoms with van der Waals surface area (Å²) in [5.74, 6) is 1.06. The van der Waals surface area contributed by atoms with E-state index in [1.165, 1.54) is 22.0 Å². The van der Waals surface area contributed by atoms with Gasteiger partial charge in [-0.05, 0) is 24.6 Å². The second kappa shape index (κ2) is 6.69. The third-order valence-corrected chi connectivity index (χ3v) is 4.97. The molecule has 1 fully saturated rings. The Morgan fingerprint density at radius 2 is 1.76 bits per heavy atom. The van der Waals surface area contributed by atoms with E-state index in [0.717, 1.165) is 37.7 Å². The Morgan fingerprint density at radius 3 is 2.48 bits per heavy atom. The Labute approximate surface area is 148 Å². The lowest BCUT2D eigenvalue weighted by molar-refractivity contribution is 0.648. The molecule has 1 saturated heterocycles. The monoisotopic (exact) mass is 333 g/mol. The molecule has 0 aliphatic carbocycles. The average molecular weight is 333 g/mol. The molecule has 3 heterocycles. The molecule has 1 aliphatic heterocycles. The van der Waals surface area contributed by atoms with Crippen molar-refractivity contribution in [2.45, 2.75) is 13.5 Å². The first-order chi connectivity index (χ1) is 12.3. The maximum atomic E-state index is 5.89. The molecular weight excluding hydrogens is 310 g/mol. The number of pyridine rings is 2. The van der Waals surface area contributed by atoms with Crippen LogP contribution in [0.1, 0.15) is 11.3 Å². The van der Waals surface area contributed by atoms with Crippen molar-refractivity contribution in [2.24, 2.45) is 5.73 Å². The highest BCUT2D eigenvalue weighted by atomic mass is 15.3. The van der Waals surface area contributed by atoms with E-state index < -0.39 is 0 Å². The normalized spacial score (nSPS) is 15.0. The van der Waals surface area contributed by atoms with E-state index in [1.807, 2.05) is 24.5 Å². The van der Waals surface area contributed by atoms with Gasteiger partial charge < -0.3 is 15.5 Å². The second-order valence-corrected chi connectivity index (χ2v) is 6.45. The summed E-state index contributed by atoms with van der Waals surface area (Å²) >= 11 is 0. The molecule has 0 bridgehead atoms. The van der Waals surface area contributed by atoms with Crippen molar-refractivity contribution in [1.29, 1.82) is 0 Å². The van der Waals surface area contributed by atoms with E-state index in [-0.39, 0.29) is 0 Å². The molecule has 2 aromatic heterocycles. The van der Waals surface area contributed by atoms with Crippen LogP contribution in [0.25, 0.3) is 10.8 Å². The quantitative estimate of drug-likeness (QED) is 0.799. The molecule has 0 spiro atoms. The lowest BCUT2D eigenvalue weighted by atomic mass is 10.0. The molecule has 1 aliphatic rings. The number of hydrogen-bond donors (Lipinski definition) is 1. The smallest absolute Gasteiger partial charge is 0.128 e. The molecule has 4 rings (SSSR count). The first-order valence-electron chi connectivity index (χ1n) is 8.76. The number of aryl methyl sites for hydroxylation is 1. The maximum absolute atomic E-state index is 5.89. The van der Waals surface area contributed by atoms with Crippen LogP contribution in [-0.2, 0) is 6.54 Å². The van der Waals surface area contributed by atoms with E-state index in [1.54, 1.807) is 0 Å². The van der Waals surface area contributed by atoms with Gasteiger partial charge in [0, 0.05) is 49.7 Å². The first-order valence-corrected chi connectivity index (χ1v) is 8.76. The van der Waals surface area contributed by atoms with Crippen LogP contribution in [-0.4, -0.2) is 36.1 Å². The highest BCUT2D eigenvalue weighted by Crippen LogP contribution is 2.31. The summed E-state index contributed by atoms with van der Waals surface area (Å²) in [6.07, 6.45) is 3.85. The van der Waals surface area contributed by atoms with Crippen LogP contribution < -0.4 is 15.5 Å². The van der Waals surface area contributed by atoms with Crippen molar-refractivity contribution < 1.29 is 0 Å². The molecule has 2 N–H and O–H groups in total. The van der Waals surface area contributed by atoms with Gasteiger partial charge in [0.1, 0.15) is 5.82 Å². The Hall–Kier alpha value is -2.66. The lowest BCUT2D eigenvalue weighted by Crippen LogP contribution is -2.47. The molecule has 25 heavy (non-hydrogen) atoms. The summed E-state index contributed by atoms with van der Waals surface area (Å²) in [7, 11) is 0. The van der Waals surface area contributed by atoms with Gasteiger partial charge in [0.15, 0.2) is 0 Å². The topological polar surface area (TPSA) is 58.3 Å². The number of benzene rings is 1. The highest BCUT2D eigenvalue weighted by molar-refractivity contribution is 5.97. The summed E-state index contributed by atoms with van der Waals surface area (Å²) < 4.78 is 0. The Balaban J connectivity index is 1.63. The summed E-state index contributed by atoms with van der Waals surface area (Å²) in [6.45, 7) is 6.48. The fraction of sp³-hybridized carbons (Fsp3) is 0.300. The minimum absolute atomic E-state index is 0.466. The molecule has 0 unspecified atom stereocenters. The van der Waals surface area contributed by atoms with Crippen LogP contribution in [0.15, 0.2) is 48.8 Å². The van der Waals surface area contributed by atoms with E-state index >= 15 is 0 Å². The highest BCUT2D eigenvalue weighted by Gasteiger charge is 2.21. The number of hydrogen-bond acceptors (Lipinski definition) is 5. The molecule has 5 nitrogen and oxygen atoms in total. The van der Waals surface area contributed by atoms with Crippen molar-refractivity contribution in [2.75, 3.05) is 36.0 Å². The summed E-state index contributed by atoms with van der Waals surface area (Å²) in [6, 6.07) is 12.5. The molecule has 128 valence electrons. The number of aromatic nitrogens is 2. The second-order valence-electron chi connectivity index (χ2n) is 6.45. The molecule has 0 radical (unpaired) electrons. The fourth-order valence-corrected chi connectivity index (χ4v) is 3.64. The number of fused-ring (bicyclic) bond motifs is 1. The molecule has 0 atom stereocenters. The number of nitrogens with zero attached hydrogens (tertiary/aromatic N) is 4. The van der Waals surface area contributed by atoms with Crippen LogP contribution in [0.5, 0.6) is 0 Å². The van der Waals surface area contributed by atoms with Crippen LogP contribution in [0.2, 0.25) is 0 Å². The summed E-state index contributed by atoms with van der Waals surface area (Å²) in [5.41, 5.74) is 9.34. The van der Waals surface area contributed by atoms with Gasteiger partial charge in [-0.2, -0.15) is 0 Å². The Kier molecular flexibility index (Phi) is 4.24. The van der Waals surface area contributed by atoms with Crippen LogP contribution in [0, 0.1) is 6.92 Å². The van der Waals surface area contributed by atoms with Gasteiger partial charge in [-0.3, -0.25) is 4.98 Å². The third kappa shape index (κ3) is 2.91. The molecule has 3 aromatic rings. The summed E-state index contributed by atoms with van der Waals surface area (Å²) in [5, 5.41) is 2.45. The van der Waals surface area contributed by atoms with Crippen LogP contribution in [0.3, 0.4) is 0 Å². The zero-order chi connectivity index (χ0) is 17.2. The number of nitrogens with two attached hydrogens (primary N) is 1. The van der Waals surface area contributed by atoms with Gasteiger partial charge >= 0.3 is 0 Å². The predicted octanol–water partition coefficient (Wildman–Crippen LogP) is 2.72. The summed E-state index contributed by atoms with van der Waals surface area (Å²) in [4.78, 5) is 13.9. The lowest BCUT2D eigenvalue weighted by Gasteiger charge is -2.37. The molecule has 1 aromatic carbocycles. The standard InChI is InChI=1S/C20H23N5/c1-15-5-4-6-16-17(13-21)23-14-18(20(15)16)24-9-11-25(12-10-24)19-7-2-3-8-22-19/h2-8,14H,9-13,21H2,1H3. The van der Waals surface area contributed by atoms with E-state index in [2.05, 4.69) is 51.0 Å². The largest absolute Gasteiger partial charge is 0.366 e. The number of rotatable bonds is 3. The van der Waals surface area contributed by atoms with Gasteiger partial charge in [-0.15, -0.1) is 0 Å². The SMILES string of the molecule is Cc1cccc2c(CN)ncc(N3CCN(c4ccccn4)CC3)c12. The van der Waals surface area contributed by atoms with Crippen LogP contribution >= 0.6 is 0 Å². The fourth-order valence-electron chi connectivity index (χ4n) is 3.64. The van der Waals surface area contributed by atoms with Gasteiger partial charge in [-0.25, -0.2) is 4.98 Å². The molecule has 0 amide bonds. The van der Waals surface area contributed by atoms with Gasteiger partial charge in [-0.1, -0.05) is 24.3 Å². The van der Waals surface area contributed by atoms with E-state index in [4.69, 9.17) is 5.73 Å². The van der Waals surface area contributed by atoms with Gasteiger partial charge in [0.2, 0.25) is 0 Å². The molecule has 0 saturated carbocycles. The van der Waals surface area contributed by atoms with Crippen molar-refractivity contribution in [3.8, 4) is 0 Å². The maximum Gasteiger partial charge on any atom is 0.128 e. The molecule has 5 heteroatoms. The average Bonchev–Trinajstić information content (AvgIpc) is 2.68. The first kappa shape index (κ1) is 15.8. The van der Waals surface area contributed by atoms with E-state index in [0.29, 0.717) is 6.54 Å². The zero-order valence-corrected chi connectivity index (χ0v) is 14.5. The van der Waals surface area contributed by atoms with Crippen molar-refractivity contribution in [3.05, 3.63) is 60.0 Å². The minimum Gasteiger partial charge on any atom is -0.366 e.